The SMILES string of the molecule is CCCCCCCCCCCCCCCCCCCCCCCC(=O)OC[C@H](COP(=O)(O)OC[C@@H](O)COP(=O)(O)OC[C@@H](COC(=O)CCCCCCCCC)OC(=O)CCCCCCCCCCCCCCCCC)OC(=O)CCCCCCCCCCCCCCCCCCCCC(C)CC. The molecule has 0 bridgehead atoms. The van der Waals surface area contributed by atoms with Gasteiger partial charge in [-0.05, 0) is 31.6 Å². The molecule has 0 aliphatic carbocycles. The lowest BCUT2D eigenvalue weighted by molar-refractivity contribution is -0.161. The number of ether oxygens (including phenoxy) is 4. The van der Waals surface area contributed by atoms with Crippen molar-refractivity contribution in [3.05, 3.63) is 0 Å². The van der Waals surface area contributed by atoms with Gasteiger partial charge < -0.3 is 33.8 Å². The molecule has 19 heteroatoms. The molecule has 0 saturated heterocycles. The Morgan fingerprint density at radius 3 is 0.676 bits per heavy atom. The molecule has 0 aromatic rings. The second-order valence-corrected chi connectivity index (χ2v) is 34.1. The Kier molecular flexibility index (Phi) is 77.3. The first-order chi connectivity index (χ1) is 51.1. The molecule has 0 heterocycles. The van der Waals surface area contributed by atoms with Crippen molar-refractivity contribution in [2.24, 2.45) is 5.92 Å². The van der Waals surface area contributed by atoms with Gasteiger partial charge in [0.2, 0.25) is 0 Å². The Balaban J connectivity index is 5.15. The third kappa shape index (κ3) is 78.5. The molecule has 0 aliphatic rings. The first-order valence-electron chi connectivity index (χ1n) is 44.7. The molecule has 3 N–H and O–H groups in total. The van der Waals surface area contributed by atoms with E-state index in [0.717, 1.165) is 109 Å². The van der Waals surface area contributed by atoms with Gasteiger partial charge in [0, 0.05) is 25.7 Å². The summed E-state index contributed by atoms with van der Waals surface area (Å²) < 4.78 is 68.7. The van der Waals surface area contributed by atoms with E-state index in [1.807, 2.05) is 0 Å². The fourth-order valence-corrected chi connectivity index (χ4v) is 15.0. The first kappa shape index (κ1) is 103. The van der Waals surface area contributed by atoms with Crippen LogP contribution in [0.3, 0.4) is 0 Å². The van der Waals surface area contributed by atoms with Gasteiger partial charge in [0.15, 0.2) is 12.2 Å². The summed E-state index contributed by atoms with van der Waals surface area (Å²) in [6.07, 6.45) is 72.5. The molecule has 3 unspecified atom stereocenters. The molecule has 17 nitrogen and oxygen atoms in total. The maximum absolute atomic E-state index is 13.1. The van der Waals surface area contributed by atoms with E-state index in [1.165, 1.54) is 276 Å². The molecule has 0 radical (unpaired) electrons. The summed E-state index contributed by atoms with van der Waals surface area (Å²) in [5.41, 5.74) is 0. The largest absolute Gasteiger partial charge is 0.472 e. The van der Waals surface area contributed by atoms with Gasteiger partial charge in [-0.2, -0.15) is 0 Å². The van der Waals surface area contributed by atoms with E-state index in [1.54, 1.807) is 0 Å². The smallest absolute Gasteiger partial charge is 0.462 e. The zero-order valence-corrected chi connectivity index (χ0v) is 70.7. The third-order valence-electron chi connectivity index (χ3n) is 20.6. The molecule has 0 fully saturated rings. The van der Waals surface area contributed by atoms with E-state index in [-0.39, 0.29) is 25.7 Å². The van der Waals surface area contributed by atoms with Gasteiger partial charge in [0.05, 0.1) is 26.4 Å². The standard InChI is InChI=1S/C86H168O17P2/c1-6-10-13-16-19-21-23-25-27-28-29-30-31-35-39-42-46-50-55-60-65-70-84(89)97-76-82(103-86(91)72-67-62-57-52-48-44-40-36-33-32-34-38-41-45-49-54-58-63-68-79(5)9-4)78-101-105(94,95)99-74-80(87)73-98-104(92,93)100-77-81(75-96-83(88)69-64-59-53-18-15-12-8-3)102-85(90)71-66-61-56-51-47-43-37-26-24-22-20-17-14-11-7-2/h79-82,87H,6-78H2,1-5H3,(H,92,93)(H,94,95)/t79?,80-,81+,82+/m0/s1. The van der Waals surface area contributed by atoms with E-state index in [9.17, 15) is 43.2 Å². The Bertz CT molecular complexity index is 2000. The van der Waals surface area contributed by atoms with Crippen molar-refractivity contribution in [1.82, 2.24) is 0 Å². The molecule has 0 amide bonds. The van der Waals surface area contributed by atoms with Crippen molar-refractivity contribution in [2.45, 2.75) is 483 Å². The first-order valence-corrected chi connectivity index (χ1v) is 47.7. The van der Waals surface area contributed by atoms with Gasteiger partial charge in [0.25, 0.3) is 0 Å². The van der Waals surface area contributed by atoms with Crippen LogP contribution >= 0.6 is 15.6 Å². The molecule has 0 aromatic heterocycles. The normalized spacial score (nSPS) is 14.0. The van der Waals surface area contributed by atoms with Gasteiger partial charge in [0.1, 0.15) is 19.3 Å². The van der Waals surface area contributed by atoms with E-state index >= 15 is 0 Å². The Morgan fingerprint density at radius 1 is 0.267 bits per heavy atom. The van der Waals surface area contributed by atoms with E-state index in [4.69, 9.17) is 37.0 Å². The minimum Gasteiger partial charge on any atom is -0.462 e. The molecule has 0 aromatic carbocycles. The van der Waals surface area contributed by atoms with Crippen molar-refractivity contribution in [3.63, 3.8) is 0 Å². The molecule has 0 saturated carbocycles. The van der Waals surface area contributed by atoms with Crippen LogP contribution in [0.5, 0.6) is 0 Å². The lowest BCUT2D eigenvalue weighted by atomic mass is 9.99. The van der Waals surface area contributed by atoms with Crippen LogP contribution in [0.15, 0.2) is 0 Å². The predicted octanol–water partition coefficient (Wildman–Crippen LogP) is 26.4. The highest BCUT2D eigenvalue weighted by Gasteiger charge is 2.30. The summed E-state index contributed by atoms with van der Waals surface area (Å²) >= 11 is 0. The van der Waals surface area contributed by atoms with Gasteiger partial charge in [-0.15, -0.1) is 0 Å². The number of unbranched alkanes of at least 4 members (excludes halogenated alkanes) is 57. The summed E-state index contributed by atoms with van der Waals surface area (Å²) in [6, 6.07) is 0. The van der Waals surface area contributed by atoms with Crippen molar-refractivity contribution < 1.29 is 80.2 Å². The topological polar surface area (TPSA) is 237 Å². The van der Waals surface area contributed by atoms with Crippen LogP contribution < -0.4 is 0 Å². The van der Waals surface area contributed by atoms with Crippen LogP contribution in [-0.2, 0) is 65.4 Å². The predicted molar refractivity (Wildman–Crippen MR) is 432 cm³/mol. The molecule has 6 atom stereocenters. The zero-order valence-electron chi connectivity index (χ0n) is 68.9. The van der Waals surface area contributed by atoms with Crippen molar-refractivity contribution in [2.75, 3.05) is 39.6 Å². The summed E-state index contributed by atoms with van der Waals surface area (Å²) in [7, 11) is -9.92. The summed E-state index contributed by atoms with van der Waals surface area (Å²) in [5.74, 6) is -1.23. The van der Waals surface area contributed by atoms with E-state index < -0.39 is 97.5 Å². The van der Waals surface area contributed by atoms with E-state index in [2.05, 4.69) is 34.6 Å². The highest BCUT2D eigenvalue weighted by molar-refractivity contribution is 7.47. The fourth-order valence-electron chi connectivity index (χ4n) is 13.4. The number of carbonyl (C=O) groups excluding carboxylic acids is 4. The molecular formula is C86H168O17P2. The Hall–Kier alpha value is -1.94. The lowest BCUT2D eigenvalue weighted by Crippen LogP contribution is -2.30. The minimum atomic E-state index is -4.96. The number of aliphatic hydroxyl groups excluding tert-OH is 1. The third-order valence-corrected chi connectivity index (χ3v) is 22.5. The van der Waals surface area contributed by atoms with Gasteiger partial charge in [-0.25, -0.2) is 9.13 Å². The number of aliphatic hydroxyl groups is 1. The van der Waals surface area contributed by atoms with Crippen molar-refractivity contribution >= 4 is 39.5 Å². The highest BCUT2D eigenvalue weighted by Crippen LogP contribution is 2.45. The van der Waals surface area contributed by atoms with Gasteiger partial charge in [-0.1, -0.05) is 413 Å². The van der Waals surface area contributed by atoms with Crippen LogP contribution in [0.25, 0.3) is 0 Å². The summed E-state index contributed by atoms with van der Waals surface area (Å²) in [5, 5.41) is 10.7. The molecule has 0 aliphatic heterocycles. The van der Waals surface area contributed by atoms with Gasteiger partial charge >= 0.3 is 39.5 Å². The second-order valence-electron chi connectivity index (χ2n) is 31.2. The number of rotatable bonds is 86. The van der Waals surface area contributed by atoms with Crippen molar-refractivity contribution in [1.29, 1.82) is 0 Å². The minimum absolute atomic E-state index is 0.108. The molecule has 0 rings (SSSR count). The van der Waals surface area contributed by atoms with E-state index in [0.29, 0.717) is 25.7 Å². The number of hydrogen-bond donors (Lipinski definition) is 3. The highest BCUT2D eigenvalue weighted by atomic mass is 31.2. The van der Waals surface area contributed by atoms with Crippen molar-refractivity contribution in [3.8, 4) is 0 Å². The summed E-state index contributed by atoms with van der Waals surface area (Å²) in [6.45, 7) is 7.39. The summed E-state index contributed by atoms with van der Waals surface area (Å²) in [4.78, 5) is 73.0. The van der Waals surface area contributed by atoms with Crippen LogP contribution in [0, 0.1) is 5.92 Å². The number of phosphoric ester groups is 2. The maximum Gasteiger partial charge on any atom is 0.472 e. The van der Waals surface area contributed by atoms with Gasteiger partial charge in [-0.3, -0.25) is 37.3 Å². The monoisotopic (exact) mass is 1540 g/mol. The lowest BCUT2D eigenvalue weighted by Gasteiger charge is -2.21. The second kappa shape index (κ2) is 78.7. The number of hydrogen-bond acceptors (Lipinski definition) is 15. The number of esters is 4. The van der Waals surface area contributed by atoms with Crippen LogP contribution in [0.4, 0.5) is 0 Å². The Labute approximate surface area is 645 Å². The zero-order chi connectivity index (χ0) is 76.9. The molecule has 105 heavy (non-hydrogen) atoms. The number of phosphoric acid groups is 2. The maximum atomic E-state index is 13.1. The van der Waals surface area contributed by atoms with Crippen LogP contribution in [0.1, 0.15) is 465 Å². The van der Waals surface area contributed by atoms with Crippen LogP contribution in [0.2, 0.25) is 0 Å². The fraction of sp³-hybridized carbons (Fsp3) is 0.953. The Morgan fingerprint density at radius 2 is 0.457 bits per heavy atom. The molecular weight excluding hydrogens is 1370 g/mol. The average Bonchev–Trinajstić information content (AvgIpc) is 0.926. The number of carbonyl (C=O) groups is 4. The molecule has 0 spiro atoms. The quantitative estimate of drug-likeness (QED) is 0.0222. The average molecular weight is 1540 g/mol. The molecule has 624 valence electrons. The van der Waals surface area contributed by atoms with Crippen LogP contribution in [-0.4, -0.2) is 96.7 Å².